The summed E-state index contributed by atoms with van der Waals surface area (Å²) in [7, 11) is 0. The van der Waals surface area contributed by atoms with E-state index >= 15 is 0 Å². The third kappa shape index (κ3) is 3.38. The fourth-order valence-corrected chi connectivity index (χ4v) is 3.48. The van der Waals surface area contributed by atoms with E-state index in [0.29, 0.717) is 18.0 Å². The van der Waals surface area contributed by atoms with Crippen LogP contribution in [0.1, 0.15) is 36.1 Å². The summed E-state index contributed by atoms with van der Waals surface area (Å²) in [6.07, 6.45) is 3.83. The Balaban J connectivity index is 1.47. The van der Waals surface area contributed by atoms with Crippen LogP contribution in [0.15, 0.2) is 48.7 Å². The molecule has 6 nitrogen and oxygen atoms in total. The van der Waals surface area contributed by atoms with Gasteiger partial charge in [-0.05, 0) is 23.3 Å². The predicted molar refractivity (Wildman–Crippen MR) is 99.8 cm³/mol. The van der Waals surface area contributed by atoms with E-state index in [1.165, 1.54) is 6.92 Å². The molecule has 2 aliphatic rings. The van der Waals surface area contributed by atoms with E-state index in [-0.39, 0.29) is 31.1 Å². The zero-order valence-corrected chi connectivity index (χ0v) is 15.0. The van der Waals surface area contributed by atoms with Gasteiger partial charge >= 0.3 is 0 Å². The maximum Gasteiger partial charge on any atom is 0.231 e. The highest BCUT2D eigenvalue weighted by atomic mass is 16.7. The van der Waals surface area contributed by atoms with Crippen LogP contribution in [0.2, 0.25) is 0 Å². The molecular formula is C21H20N2O4. The van der Waals surface area contributed by atoms with Crippen molar-refractivity contribution in [3.8, 4) is 11.5 Å². The second kappa shape index (κ2) is 7.15. The molecule has 0 bridgehead atoms. The lowest BCUT2D eigenvalue weighted by molar-refractivity contribution is -0.130. The Bertz CT molecular complexity index is 922. The molecule has 2 aromatic carbocycles. The number of para-hydroxylation sites is 1. The quantitative estimate of drug-likeness (QED) is 0.906. The molecule has 27 heavy (non-hydrogen) atoms. The van der Waals surface area contributed by atoms with Gasteiger partial charge in [0.05, 0.1) is 12.5 Å². The molecule has 0 saturated heterocycles. The molecule has 138 valence electrons. The van der Waals surface area contributed by atoms with Crippen LogP contribution in [0.5, 0.6) is 11.5 Å². The fraction of sp³-hybridized carbons (Fsp3) is 0.238. The van der Waals surface area contributed by atoms with Gasteiger partial charge in [0, 0.05) is 25.2 Å². The summed E-state index contributed by atoms with van der Waals surface area (Å²) in [6, 6.07) is 13.1. The Kier molecular flexibility index (Phi) is 4.54. The third-order valence-electron chi connectivity index (χ3n) is 4.80. The standard InChI is InChI=1S/C21H20N2O4/c1-14(24)23-10-9-15-5-2-3-7-17(15)18(23)11-20(25)22-12-16-6-4-8-19-21(16)27-13-26-19/h2-10,18H,11-13H2,1H3,(H,22,25)/t18-/m0/s1. The van der Waals surface area contributed by atoms with E-state index in [4.69, 9.17) is 9.47 Å². The van der Waals surface area contributed by atoms with Gasteiger partial charge in [0.25, 0.3) is 0 Å². The van der Waals surface area contributed by atoms with Crippen molar-refractivity contribution in [3.05, 3.63) is 65.4 Å². The van der Waals surface area contributed by atoms with Crippen LogP contribution in [0.4, 0.5) is 0 Å². The van der Waals surface area contributed by atoms with E-state index < -0.39 is 0 Å². The van der Waals surface area contributed by atoms with Gasteiger partial charge < -0.3 is 19.7 Å². The van der Waals surface area contributed by atoms with Crippen LogP contribution in [-0.2, 0) is 16.1 Å². The van der Waals surface area contributed by atoms with Gasteiger partial charge in [-0.3, -0.25) is 9.59 Å². The second-order valence-electron chi connectivity index (χ2n) is 6.52. The van der Waals surface area contributed by atoms with Crippen molar-refractivity contribution in [2.45, 2.75) is 25.9 Å². The minimum absolute atomic E-state index is 0.0926. The van der Waals surface area contributed by atoms with Crippen molar-refractivity contribution in [3.63, 3.8) is 0 Å². The molecule has 0 saturated carbocycles. The molecular weight excluding hydrogens is 344 g/mol. The number of nitrogens with one attached hydrogen (secondary N) is 1. The van der Waals surface area contributed by atoms with Crippen molar-refractivity contribution in [2.75, 3.05) is 6.79 Å². The first kappa shape index (κ1) is 17.1. The number of fused-ring (bicyclic) bond motifs is 2. The van der Waals surface area contributed by atoms with E-state index in [1.54, 1.807) is 11.1 Å². The molecule has 0 aromatic heterocycles. The molecule has 2 aromatic rings. The van der Waals surface area contributed by atoms with Gasteiger partial charge in [0.15, 0.2) is 11.5 Å². The Morgan fingerprint density at radius 2 is 2.00 bits per heavy atom. The number of amides is 2. The number of hydrogen-bond acceptors (Lipinski definition) is 4. The summed E-state index contributed by atoms with van der Waals surface area (Å²) >= 11 is 0. The number of nitrogens with zero attached hydrogens (tertiary/aromatic N) is 1. The summed E-state index contributed by atoms with van der Waals surface area (Å²) in [4.78, 5) is 26.2. The molecule has 0 unspecified atom stereocenters. The zero-order chi connectivity index (χ0) is 18.8. The summed E-state index contributed by atoms with van der Waals surface area (Å²) in [5.41, 5.74) is 2.87. The predicted octanol–water partition coefficient (Wildman–Crippen LogP) is 3.00. The molecule has 2 amide bonds. The van der Waals surface area contributed by atoms with Crippen LogP contribution in [0.3, 0.4) is 0 Å². The van der Waals surface area contributed by atoms with Crippen molar-refractivity contribution in [1.29, 1.82) is 0 Å². The van der Waals surface area contributed by atoms with E-state index in [2.05, 4.69) is 5.32 Å². The number of rotatable bonds is 4. The number of benzene rings is 2. The third-order valence-corrected chi connectivity index (χ3v) is 4.80. The molecule has 0 fully saturated rings. The number of hydrogen-bond donors (Lipinski definition) is 1. The Morgan fingerprint density at radius 1 is 1.15 bits per heavy atom. The van der Waals surface area contributed by atoms with Crippen molar-refractivity contribution in [1.82, 2.24) is 10.2 Å². The zero-order valence-electron chi connectivity index (χ0n) is 15.0. The van der Waals surface area contributed by atoms with Crippen LogP contribution < -0.4 is 14.8 Å². The molecule has 0 aliphatic carbocycles. The average Bonchev–Trinajstić information content (AvgIpc) is 3.15. The highest BCUT2D eigenvalue weighted by Crippen LogP contribution is 2.35. The maximum absolute atomic E-state index is 12.6. The SMILES string of the molecule is CC(=O)N1C=Cc2ccccc2[C@@H]1CC(=O)NCc1cccc2c1OCO2. The molecule has 0 radical (unpaired) electrons. The first-order valence-corrected chi connectivity index (χ1v) is 8.83. The number of carbonyl (C=O) groups is 2. The molecule has 6 heteroatoms. The van der Waals surface area contributed by atoms with Crippen LogP contribution in [-0.4, -0.2) is 23.5 Å². The topological polar surface area (TPSA) is 67.9 Å². The van der Waals surface area contributed by atoms with Gasteiger partial charge in [0.1, 0.15) is 0 Å². The highest BCUT2D eigenvalue weighted by molar-refractivity contribution is 5.81. The monoisotopic (exact) mass is 364 g/mol. The van der Waals surface area contributed by atoms with Gasteiger partial charge in [-0.25, -0.2) is 0 Å². The van der Waals surface area contributed by atoms with Gasteiger partial charge in [0.2, 0.25) is 18.6 Å². The molecule has 0 spiro atoms. The lowest BCUT2D eigenvalue weighted by Crippen LogP contribution is -2.35. The largest absolute Gasteiger partial charge is 0.454 e. The molecule has 2 aliphatic heterocycles. The molecule has 4 rings (SSSR count). The second-order valence-corrected chi connectivity index (χ2v) is 6.52. The summed E-state index contributed by atoms with van der Waals surface area (Å²) in [5, 5.41) is 2.93. The van der Waals surface area contributed by atoms with Crippen LogP contribution in [0.25, 0.3) is 6.08 Å². The van der Waals surface area contributed by atoms with Crippen molar-refractivity contribution >= 4 is 17.9 Å². The Labute approximate surface area is 157 Å². The normalized spacial score (nSPS) is 16.8. The lowest BCUT2D eigenvalue weighted by atomic mass is 9.93. The Morgan fingerprint density at radius 3 is 2.85 bits per heavy atom. The average molecular weight is 364 g/mol. The smallest absolute Gasteiger partial charge is 0.231 e. The first-order chi connectivity index (χ1) is 13.1. The molecule has 2 heterocycles. The number of carbonyl (C=O) groups excluding carboxylic acids is 2. The first-order valence-electron chi connectivity index (χ1n) is 8.83. The van der Waals surface area contributed by atoms with Crippen molar-refractivity contribution in [2.24, 2.45) is 0 Å². The lowest BCUT2D eigenvalue weighted by Gasteiger charge is -2.32. The summed E-state index contributed by atoms with van der Waals surface area (Å²) in [5.74, 6) is 1.14. The van der Waals surface area contributed by atoms with Gasteiger partial charge in [-0.1, -0.05) is 36.4 Å². The minimum Gasteiger partial charge on any atom is -0.454 e. The fourth-order valence-electron chi connectivity index (χ4n) is 3.48. The van der Waals surface area contributed by atoms with Crippen LogP contribution in [0, 0.1) is 0 Å². The number of ether oxygens (including phenoxy) is 2. The minimum atomic E-state index is -0.315. The summed E-state index contributed by atoms with van der Waals surface area (Å²) in [6.45, 7) is 2.04. The van der Waals surface area contributed by atoms with Gasteiger partial charge in [-0.2, -0.15) is 0 Å². The van der Waals surface area contributed by atoms with E-state index in [1.807, 2.05) is 48.5 Å². The summed E-state index contributed by atoms with van der Waals surface area (Å²) < 4.78 is 10.8. The van der Waals surface area contributed by atoms with Crippen molar-refractivity contribution < 1.29 is 19.1 Å². The van der Waals surface area contributed by atoms with E-state index in [9.17, 15) is 9.59 Å². The Hall–Kier alpha value is -3.28. The molecule has 1 N–H and O–H groups in total. The maximum atomic E-state index is 12.6. The van der Waals surface area contributed by atoms with Gasteiger partial charge in [-0.15, -0.1) is 0 Å². The molecule has 1 atom stereocenters. The van der Waals surface area contributed by atoms with E-state index in [0.717, 1.165) is 16.7 Å². The van der Waals surface area contributed by atoms with Crippen LogP contribution >= 0.6 is 0 Å². The highest BCUT2D eigenvalue weighted by Gasteiger charge is 2.28.